The molecule has 1 N–H and O–H groups in total. The zero-order valence-corrected chi connectivity index (χ0v) is 11.4. The first-order chi connectivity index (χ1) is 8.19. The van der Waals surface area contributed by atoms with E-state index in [0.717, 1.165) is 25.2 Å². The number of piperazine rings is 1. The van der Waals surface area contributed by atoms with Crippen LogP contribution in [0.25, 0.3) is 0 Å². The van der Waals surface area contributed by atoms with Crippen molar-refractivity contribution in [2.75, 3.05) is 39.8 Å². The minimum atomic E-state index is 0.730. The molecule has 0 spiro atoms. The topological polar surface area (TPSA) is 18.5 Å². The molecule has 0 aromatic heterocycles. The van der Waals surface area contributed by atoms with Gasteiger partial charge in [0.05, 0.1) is 0 Å². The second-order valence-corrected chi connectivity index (χ2v) is 5.68. The number of hydrogen-bond acceptors (Lipinski definition) is 3. The summed E-state index contributed by atoms with van der Waals surface area (Å²) in [5.41, 5.74) is 1.34. The molecule has 3 nitrogen and oxygen atoms in total. The van der Waals surface area contributed by atoms with Gasteiger partial charge >= 0.3 is 0 Å². The molecule has 2 fully saturated rings. The van der Waals surface area contributed by atoms with Crippen molar-refractivity contribution >= 4 is 0 Å². The van der Waals surface area contributed by atoms with Gasteiger partial charge in [-0.15, -0.1) is 0 Å². The first-order valence-corrected chi connectivity index (χ1v) is 7.01. The van der Waals surface area contributed by atoms with E-state index in [1.54, 1.807) is 0 Å². The van der Waals surface area contributed by atoms with Crippen LogP contribution in [-0.2, 0) is 0 Å². The third-order valence-electron chi connectivity index (χ3n) is 4.00. The molecular weight excluding hydrogens is 210 g/mol. The van der Waals surface area contributed by atoms with Gasteiger partial charge in [-0.3, -0.25) is 4.90 Å². The molecule has 0 aromatic rings. The summed E-state index contributed by atoms with van der Waals surface area (Å²) < 4.78 is 0. The zero-order valence-electron chi connectivity index (χ0n) is 11.4. The number of likely N-dealkylation sites (N-methyl/N-ethyl adjacent to an activating group) is 1. The fourth-order valence-electron chi connectivity index (χ4n) is 2.54. The van der Waals surface area contributed by atoms with E-state index >= 15 is 0 Å². The smallest absolute Gasteiger partial charge is 0.0218 e. The minimum absolute atomic E-state index is 0.730. The predicted molar refractivity (Wildman–Crippen MR) is 73.3 cm³/mol. The molecule has 1 saturated carbocycles. The summed E-state index contributed by atoms with van der Waals surface area (Å²) in [7, 11) is 2.25. The van der Waals surface area contributed by atoms with Crippen molar-refractivity contribution in [1.29, 1.82) is 0 Å². The summed E-state index contributed by atoms with van der Waals surface area (Å²) in [6.45, 7) is 12.2. The van der Waals surface area contributed by atoms with Crippen molar-refractivity contribution < 1.29 is 0 Å². The molecule has 1 heterocycles. The summed E-state index contributed by atoms with van der Waals surface area (Å²) in [6, 6.07) is 1.52. The maximum absolute atomic E-state index is 4.20. The minimum Gasteiger partial charge on any atom is -0.310 e. The first-order valence-electron chi connectivity index (χ1n) is 7.01. The van der Waals surface area contributed by atoms with Crippen molar-refractivity contribution in [1.82, 2.24) is 15.1 Å². The third kappa shape index (κ3) is 4.09. The van der Waals surface area contributed by atoms with Gasteiger partial charge in [0.2, 0.25) is 0 Å². The van der Waals surface area contributed by atoms with Gasteiger partial charge in [-0.1, -0.05) is 13.5 Å². The lowest BCUT2D eigenvalue weighted by Gasteiger charge is -2.39. The van der Waals surface area contributed by atoms with Crippen LogP contribution < -0.4 is 5.32 Å². The second-order valence-electron chi connectivity index (χ2n) is 5.68. The van der Waals surface area contributed by atoms with Gasteiger partial charge in [0.25, 0.3) is 0 Å². The molecule has 1 atom stereocenters. The Morgan fingerprint density at radius 2 is 2.12 bits per heavy atom. The Labute approximate surface area is 106 Å². The molecule has 98 valence electrons. The highest BCUT2D eigenvalue weighted by Crippen LogP contribution is 2.18. The van der Waals surface area contributed by atoms with E-state index in [1.807, 2.05) is 0 Å². The van der Waals surface area contributed by atoms with Crippen molar-refractivity contribution in [3.05, 3.63) is 12.2 Å². The highest BCUT2D eigenvalue weighted by atomic mass is 15.3. The SMILES string of the molecule is C=C(CNC1CC1)CN1CCN(C)C(CC)C1. The molecule has 1 aliphatic heterocycles. The van der Waals surface area contributed by atoms with Gasteiger partial charge in [-0.25, -0.2) is 0 Å². The van der Waals surface area contributed by atoms with Gasteiger partial charge in [0.15, 0.2) is 0 Å². The zero-order chi connectivity index (χ0) is 12.3. The molecule has 1 saturated heterocycles. The van der Waals surface area contributed by atoms with Crippen LogP contribution >= 0.6 is 0 Å². The quantitative estimate of drug-likeness (QED) is 0.703. The average molecular weight is 237 g/mol. The Morgan fingerprint density at radius 1 is 1.35 bits per heavy atom. The second kappa shape index (κ2) is 5.98. The normalized spacial score (nSPS) is 27.3. The first kappa shape index (κ1) is 13.1. The Morgan fingerprint density at radius 3 is 2.76 bits per heavy atom. The maximum atomic E-state index is 4.20. The van der Waals surface area contributed by atoms with Crippen LogP contribution in [0, 0.1) is 0 Å². The van der Waals surface area contributed by atoms with Crippen LogP contribution in [0.1, 0.15) is 26.2 Å². The molecule has 2 rings (SSSR count). The lowest BCUT2D eigenvalue weighted by molar-refractivity contribution is 0.0997. The Bertz CT molecular complexity index is 260. The van der Waals surface area contributed by atoms with Crippen LogP contribution in [-0.4, -0.2) is 61.7 Å². The van der Waals surface area contributed by atoms with Crippen LogP contribution in [0.3, 0.4) is 0 Å². The number of nitrogens with one attached hydrogen (secondary N) is 1. The molecule has 0 bridgehead atoms. The molecule has 1 unspecified atom stereocenters. The van der Waals surface area contributed by atoms with Gasteiger partial charge in [-0.05, 0) is 31.9 Å². The lowest BCUT2D eigenvalue weighted by Crippen LogP contribution is -2.51. The number of hydrogen-bond donors (Lipinski definition) is 1. The molecular formula is C14H27N3. The molecule has 0 amide bonds. The maximum Gasteiger partial charge on any atom is 0.0218 e. The standard InChI is InChI=1S/C14H27N3/c1-4-14-11-17(8-7-16(14)3)10-12(2)9-15-13-5-6-13/h13-15H,2,4-11H2,1,3H3. The number of rotatable bonds is 6. The third-order valence-corrected chi connectivity index (χ3v) is 4.00. The highest BCUT2D eigenvalue weighted by Gasteiger charge is 2.24. The van der Waals surface area contributed by atoms with E-state index in [1.165, 1.54) is 44.5 Å². The molecule has 3 heteroatoms. The van der Waals surface area contributed by atoms with E-state index in [2.05, 4.69) is 35.7 Å². The van der Waals surface area contributed by atoms with Crippen molar-refractivity contribution in [3.63, 3.8) is 0 Å². The van der Waals surface area contributed by atoms with Crippen LogP contribution in [0.4, 0.5) is 0 Å². The van der Waals surface area contributed by atoms with Gasteiger partial charge < -0.3 is 10.2 Å². The van der Waals surface area contributed by atoms with Gasteiger partial charge in [0, 0.05) is 44.8 Å². The monoisotopic (exact) mass is 237 g/mol. The fraction of sp³-hybridized carbons (Fsp3) is 0.857. The summed E-state index contributed by atoms with van der Waals surface area (Å²) in [6.07, 6.45) is 3.97. The molecule has 0 radical (unpaired) electrons. The average Bonchev–Trinajstić information content (AvgIpc) is 3.13. The molecule has 2 aliphatic rings. The Balaban J connectivity index is 1.68. The summed E-state index contributed by atoms with van der Waals surface area (Å²) >= 11 is 0. The van der Waals surface area contributed by atoms with Crippen LogP contribution in [0.15, 0.2) is 12.2 Å². The van der Waals surface area contributed by atoms with Crippen molar-refractivity contribution in [2.24, 2.45) is 0 Å². The fourth-order valence-corrected chi connectivity index (χ4v) is 2.54. The molecule has 1 aliphatic carbocycles. The Hall–Kier alpha value is -0.380. The summed E-state index contributed by atoms with van der Waals surface area (Å²) in [5, 5.41) is 3.54. The number of nitrogens with zero attached hydrogens (tertiary/aromatic N) is 2. The largest absolute Gasteiger partial charge is 0.310 e. The van der Waals surface area contributed by atoms with Crippen LogP contribution in [0.2, 0.25) is 0 Å². The van der Waals surface area contributed by atoms with E-state index in [-0.39, 0.29) is 0 Å². The summed E-state index contributed by atoms with van der Waals surface area (Å²) in [5.74, 6) is 0. The van der Waals surface area contributed by atoms with E-state index in [4.69, 9.17) is 0 Å². The van der Waals surface area contributed by atoms with E-state index < -0.39 is 0 Å². The van der Waals surface area contributed by atoms with E-state index in [9.17, 15) is 0 Å². The highest BCUT2D eigenvalue weighted by molar-refractivity contribution is 5.02. The summed E-state index contributed by atoms with van der Waals surface area (Å²) in [4.78, 5) is 5.05. The van der Waals surface area contributed by atoms with Crippen LogP contribution in [0.5, 0.6) is 0 Å². The van der Waals surface area contributed by atoms with Gasteiger partial charge in [-0.2, -0.15) is 0 Å². The lowest BCUT2D eigenvalue weighted by atomic mass is 10.1. The van der Waals surface area contributed by atoms with Crippen molar-refractivity contribution in [3.8, 4) is 0 Å². The molecule has 17 heavy (non-hydrogen) atoms. The molecule has 0 aromatic carbocycles. The predicted octanol–water partition coefficient (Wildman–Crippen LogP) is 1.32. The van der Waals surface area contributed by atoms with Gasteiger partial charge in [0.1, 0.15) is 0 Å². The Kier molecular flexibility index (Phi) is 4.60. The van der Waals surface area contributed by atoms with E-state index in [0.29, 0.717) is 0 Å². The van der Waals surface area contributed by atoms with Crippen molar-refractivity contribution in [2.45, 2.75) is 38.3 Å².